The second-order valence-electron chi connectivity index (χ2n) is 6.56. The summed E-state index contributed by atoms with van der Waals surface area (Å²) in [4.78, 5) is 30.1. The number of rotatable bonds is 6. The van der Waals surface area contributed by atoms with Crippen molar-refractivity contribution in [3.8, 4) is 5.75 Å². The normalized spacial score (nSPS) is 15.6. The number of ether oxygens (including phenoxy) is 1. The highest BCUT2D eigenvalue weighted by Crippen LogP contribution is 2.16. The summed E-state index contributed by atoms with van der Waals surface area (Å²) in [6.07, 6.45) is 1.94. The Balaban J connectivity index is 1.50. The van der Waals surface area contributed by atoms with Crippen molar-refractivity contribution in [1.29, 1.82) is 0 Å². The number of piperazine rings is 1. The van der Waals surface area contributed by atoms with E-state index in [1.807, 2.05) is 35.4 Å². The number of carbonyl (C=O) groups is 2. The lowest BCUT2D eigenvalue weighted by Gasteiger charge is -2.34. The van der Waals surface area contributed by atoms with Crippen molar-refractivity contribution in [3.05, 3.63) is 57.8 Å². The van der Waals surface area contributed by atoms with E-state index >= 15 is 0 Å². The molecule has 1 saturated heterocycles. The Labute approximate surface area is 163 Å². The fourth-order valence-electron chi connectivity index (χ4n) is 3.08. The minimum absolute atomic E-state index is 0.0736. The molecule has 0 unspecified atom stereocenters. The van der Waals surface area contributed by atoms with Crippen LogP contribution in [0.15, 0.2) is 47.4 Å². The van der Waals surface area contributed by atoms with Gasteiger partial charge in [0.25, 0.3) is 0 Å². The number of hydrogen-bond donors (Lipinski definition) is 0. The van der Waals surface area contributed by atoms with Crippen LogP contribution in [-0.4, -0.2) is 61.3 Å². The maximum absolute atomic E-state index is 12.6. The smallest absolute Gasteiger partial charge is 0.249 e. The predicted octanol–water partition coefficient (Wildman–Crippen LogP) is 3.19. The zero-order valence-corrected chi connectivity index (χ0v) is 16.5. The number of hydrogen-bond acceptors (Lipinski definition) is 5. The Morgan fingerprint density at radius 3 is 2.41 bits per heavy atom. The van der Waals surface area contributed by atoms with Gasteiger partial charge in [0.05, 0.1) is 13.7 Å². The van der Waals surface area contributed by atoms with Crippen molar-refractivity contribution >= 4 is 29.1 Å². The molecule has 1 aliphatic heterocycles. The lowest BCUT2D eigenvalue weighted by atomic mass is 10.1. The van der Waals surface area contributed by atoms with Gasteiger partial charge in [0.15, 0.2) is 5.78 Å². The minimum atomic E-state index is 0.0736. The molecule has 1 aromatic heterocycles. The van der Waals surface area contributed by atoms with E-state index in [0.29, 0.717) is 38.3 Å². The van der Waals surface area contributed by atoms with Gasteiger partial charge in [0.2, 0.25) is 5.91 Å². The molecule has 2 heterocycles. The van der Waals surface area contributed by atoms with E-state index in [1.54, 1.807) is 42.7 Å². The van der Waals surface area contributed by atoms with Gasteiger partial charge in [-0.3, -0.25) is 14.5 Å². The molecule has 0 atom stereocenters. The Bertz CT molecular complexity index is 804. The first kappa shape index (κ1) is 19.3. The van der Waals surface area contributed by atoms with Crippen molar-refractivity contribution in [2.75, 3.05) is 39.8 Å². The predicted molar refractivity (Wildman–Crippen MR) is 108 cm³/mol. The van der Waals surface area contributed by atoms with Crippen LogP contribution in [0.5, 0.6) is 5.75 Å². The molecule has 0 spiro atoms. The molecule has 1 aromatic carbocycles. The Kier molecular flexibility index (Phi) is 6.42. The second-order valence-corrected chi connectivity index (χ2v) is 7.54. The van der Waals surface area contributed by atoms with Crippen LogP contribution in [0.1, 0.15) is 22.2 Å². The zero-order chi connectivity index (χ0) is 19.2. The van der Waals surface area contributed by atoms with Gasteiger partial charge in [0, 0.05) is 42.2 Å². The largest absolute Gasteiger partial charge is 0.497 e. The third-order valence-electron chi connectivity index (χ3n) is 4.68. The van der Waals surface area contributed by atoms with Crippen LogP contribution < -0.4 is 4.74 Å². The number of amides is 1. The number of thiophene rings is 1. The highest BCUT2D eigenvalue weighted by Gasteiger charge is 2.23. The molecular formula is C21H24N2O3S. The van der Waals surface area contributed by atoms with Gasteiger partial charge in [-0.15, -0.1) is 11.3 Å². The fraction of sp³-hybridized carbons (Fsp3) is 0.333. The van der Waals surface area contributed by atoms with E-state index in [4.69, 9.17) is 4.74 Å². The van der Waals surface area contributed by atoms with E-state index < -0.39 is 0 Å². The van der Waals surface area contributed by atoms with Crippen molar-refractivity contribution in [2.24, 2.45) is 0 Å². The van der Waals surface area contributed by atoms with Gasteiger partial charge < -0.3 is 9.64 Å². The third kappa shape index (κ3) is 5.05. The molecule has 0 N–H and O–H groups in total. The van der Waals surface area contributed by atoms with E-state index in [2.05, 4.69) is 4.90 Å². The Morgan fingerprint density at radius 1 is 1.11 bits per heavy atom. The van der Waals surface area contributed by atoms with Crippen LogP contribution in [-0.2, 0) is 4.79 Å². The van der Waals surface area contributed by atoms with Crippen LogP contribution in [0, 0.1) is 0 Å². The minimum Gasteiger partial charge on any atom is -0.497 e. The third-order valence-corrected chi connectivity index (χ3v) is 5.50. The Hall–Kier alpha value is -2.44. The summed E-state index contributed by atoms with van der Waals surface area (Å²) in [6.45, 7) is 4.94. The molecule has 2 aromatic rings. The highest BCUT2D eigenvalue weighted by molar-refractivity contribution is 7.10. The summed E-state index contributed by atoms with van der Waals surface area (Å²) in [7, 11) is 1.61. The van der Waals surface area contributed by atoms with Crippen LogP contribution in [0.3, 0.4) is 0 Å². The summed E-state index contributed by atoms with van der Waals surface area (Å²) >= 11 is 1.62. The van der Waals surface area contributed by atoms with Gasteiger partial charge in [-0.25, -0.2) is 0 Å². The van der Waals surface area contributed by atoms with Gasteiger partial charge in [-0.05, 0) is 48.7 Å². The van der Waals surface area contributed by atoms with E-state index in [1.165, 1.54) is 0 Å². The van der Waals surface area contributed by atoms with Gasteiger partial charge >= 0.3 is 0 Å². The average Bonchev–Trinajstić information content (AvgIpc) is 3.21. The highest BCUT2D eigenvalue weighted by atomic mass is 32.1. The van der Waals surface area contributed by atoms with Crippen molar-refractivity contribution in [3.63, 3.8) is 0 Å². The van der Waals surface area contributed by atoms with Crippen molar-refractivity contribution < 1.29 is 14.3 Å². The van der Waals surface area contributed by atoms with E-state index in [-0.39, 0.29) is 11.7 Å². The molecule has 1 amide bonds. The standard InChI is InChI=1S/C21H24N2O3S/c1-16(14-19-4-3-13-27-19)21(25)23-11-9-22(10-12-23)15-20(24)17-5-7-18(26-2)8-6-17/h3-8,13-14H,9-12,15H2,1-2H3/b16-14+. The molecular weight excluding hydrogens is 360 g/mol. The molecule has 142 valence electrons. The van der Waals surface area contributed by atoms with Crippen LogP contribution >= 0.6 is 11.3 Å². The summed E-state index contributed by atoms with van der Waals surface area (Å²) in [5, 5.41) is 2.00. The maximum atomic E-state index is 12.6. The molecule has 0 bridgehead atoms. The topological polar surface area (TPSA) is 49.9 Å². The molecule has 27 heavy (non-hydrogen) atoms. The first-order chi connectivity index (χ1) is 13.1. The fourth-order valence-corrected chi connectivity index (χ4v) is 3.79. The maximum Gasteiger partial charge on any atom is 0.249 e. The first-order valence-electron chi connectivity index (χ1n) is 8.97. The molecule has 3 rings (SSSR count). The number of nitrogens with zero attached hydrogens (tertiary/aromatic N) is 2. The number of benzene rings is 1. The van der Waals surface area contributed by atoms with Crippen LogP contribution in [0.2, 0.25) is 0 Å². The van der Waals surface area contributed by atoms with Crippen molar-refractivity contribution in [1.82, 2.24) is 9.80 Å². The molecule has 0 aliphatic carbocycles. The van der Waals surface area contributed by atoms with Crippen molar-refractivity contribution in [2.45, 2.75) is 6.92 Å². The molecule has 1 aliphatic rings. The summed E-state index contributed by atoms with van der Waals surface area (Å²) < 4.78 is 5.12. The SMILES string of the molecule is COc1ccc(C(=O)CN2CCN(C(=O)/C(C)=C/c3cccs3)CC2)cc1. The molecule has 0 saturated carbocycles. The second kappa shape index (κ2) is 8.97. The quantitative estimate of drug-likeness (QED) is 0.567. The Morgan fingerprint density at radius 2 is 1.81 bits per heavy atom. The zero-order valence-electron chi connectivity index (χ0n) is 15.7. The first-order valence-corrected chi connectivity index (χ1v) is 9.85. The molecule has 6 heteroatoms. The summed E-state index contributed by atoms with van der Waals surface area (Å²) in [5.74, 6) is 0.903. The number of ketones is 1. The van der Waals surface area contributed by atoms with Gasteiger partial charge in [-0.2, -0.15) is 0 Å². The molecule has 1 fully saturated rings. The van der Waals surface area contributed by atoms with Gasteiger partial charge in [-0.1, -0.05) is 6.07 Å². The summed E-state index contributed by atoms with van der Waals surface area (Å²) in [6, 6.07) is 11.2. The van der Waals surface area contributed by atoms with E-state index in [9.17, 15) is 9.59 Å². The number of methoxy groups -OCH3 is 1. The van der Waals surface area contributed by atoms with Gasteiger partial charge in [0.1, 0.15) is 5.75 Å². The molecule has 5 nitrogen and oxygen atoms in total. The monoisotopic (exact) mass is 384 g/mol. The van der Waals surface area contributed by atoms with Crippen LogP contribution in [0.25, 0.3) is 6.08 Å². The molecule has 0 radical (unpaired) electrons. The lowest BCUT2D eigenvalue weighted by molar-refractivity contribution is -0.128. The summed E-state index contributed by atoms with van der Waals surface area (Å²) in [5.41, 5.74) is 1.43. The van der Waals surface area contributed by atoms with Crippen LogP contribution in [0.4, 0.5) is 0 Å². The number of Topliss-reactive ketones (excluding diaryl/α,β-unsaturated/α-hetero) is 1. The average molecular weight is 385 g/mol. The lowest BCUT2D eigenvalue weighted by Crippen LogP contribution is -2.50. The number of carbonyl (C=O) groups excluding carboxylic acids is 2. The van der Waals surface area contributed by atoms with E-state index in [0.717, 1.165) is 16.2 Å².